The van der Waals surface area contributed by atoms with Crippen LogP contribution < -0.4 is 11.3 Å². The Balaban J connectivity index is 2.82. The van der Waals surface area contributed by atoms with Crippen LogP contribution in [-0.2, 0) is 4.74 Å². The van der Waals surface area contributed by atoms with Gasteiger partial charge in [-0.2, -0.15) is 0 Å². The van der Waals surface area contributed by atoms with Gasteiger partial charge in [-0.1, -0.05) is 0 Å². The third kappa shape index (κ3) is 3.87. The van der Waals surface area contributed by atoms with Crippen LogP contribution in [0.1, 0.15) is 16.8 Å². The molecular formula is C12H17F2N3O2. The molecule has 0 aliphatic rings. The number of nitrogens with zero attached hydrogens (tertiary/aromatic N) is 1. The molecule has 0 saturated heterocycles. The lowest BCUT2D eigenvalue weighted by Gasteiger charge is -2.17. The number of anilines is 1. The van der Waals surface area contributed by atoms with Gasteiger partial charge < -0.3 is 15.1 Å². The number of nitrogen functional groups attached to an aromatic ring is 1. The number of hydrogen-bond donors (Lipinski definition) is 2. The first-order chi connectivity index (χ1) is 9.01. The van der Waals surface area contributed by atoms with Crippen molar-refractivity contribution >= 4 is 11.6 Å². The van der Waals surface area contributed by atoms with E-state index >= 15 is 0 Å². The molecule has 0 aliphatic carbocycles. The van der Waals surface area contributed by atoms with Crippen LogP contribution in [-0.4, -0.2) is 38.1 Å². The first kappa shape index (κ1) is 15.3. The topological polar surface area (TPSA) is 67.6 Å². The zero-order valence-corrected chi connectivity index (χ0v) is 10.9. The molecule has 3 N–H and O–H groups in total. The third-order valence-corrected chi connectivity index (χ3v) is 2.62. The van der Waals surface area contributed by atoms with E-state index in [-0.39, 0.29) is 5.56 Å². The summed E-state index contributed by atoms with van der Waals surface area (Å²) in [5, 5.41) is 0. The van der Waals surface area contributed by atoms with Gasteiger partial charge in [-0.15, -0.1) is 0 Å². The fourth-order valence-corrected chi connectivity index (χ4v) is 1.60. The van der Waals surface area contributed by atoms with Crippen LogP contribution in [0, 0.1) is 11.6 Å². The summed E-state index contributed by atoms with van der Waals surface area (Å²) in [5.74, 6) is 2.71. The van der Waals surface area contributed by atoms with Crippen molar-refractivity contribution in [3.8, 4) is 0 Å². The molecule has 0 aromatic heterocycles. The Labute approximate surface area is 110 Å². The molecule has 0 unspecified atom stereocenters. The predicted octanol–water partition coefficient (Wildman–Crippen LogP) is 1.36. The normalized spacial score (nSPS) is 10.4. The molecule has 0 bridgehead atoms. The summed E-state index contributed by atoms with van der Waals surface area (Å²) in [7, 11) is 3.12. The number of methoxy groups -OCH3 is 1. The number of carbonyl (C=O) groups excluding carboxylic acids is 1. The SMILES string of the molecule is COCCCN(C)C(=O)c1cc(F)c(NN)c(F)c1. The van der Waals surface area contributed by atoms with Crippen molar-refractivity contribution in [2.45, 2.75) is 6.42 Å². The number of amides is 1. The second-order valence-corrected chi connectivity index (χ2v) is 4.03. The van der Waals surface area contributed by atoms with Crippen LogP contribution in [0.4, 0.5) is 14.5 Å². The number of nitrogens with two attached hydrogens (primary N) is 1. The van der Waals surface area contributed by atoms with Crippen molar-refractivity contribution in [3.63, 3.8) is 0 Å². The number of benzene rings is 1. The largest absolute Gasteiger partial charge is 0.385 e. The van der Waals surface area contributed by atoms with Gasteiger partial charge in [-0.05, 0) is 18.6 Å². The molecule has 0 radical (unpaired) electrons. The molecular weight excluding hydrogens is 256 g/mol. The Hall–Kier alpha value is -1.73. The zero-order valence-electron chi connectivity index (χ0n) is 10.9. The van der Waals surface area contributed by atoms with Crippen molar-refractivity contribution in [1.29, 1.82) is 0 Å². The Morgan fingerprint density at radius 2 is 2.00 bits per heavy atom. The molecule has 19 heavy (non-hydrogen) atoms. The lowest BCUT2D eigenvalue weighted by Crippen LogP contribution is -2.28. The van der Waals surface area contributed by atoms with Crippen LogP contribution in [0.3, 0.4) is 0 Å². The Morgan fingerprint density at radius 3 is 2.47 bits per heavy atom. The Bertz CT molecular complexity index is 432. The third-order valence-electron chi connectivity index (χ3n) is 2.62. The smallest absolute Gasteiger partial charge is 0.253 e. The summed E-state index contributed by atoms with van der Waals surface area (Å²) >= 11 is 0. The molecule has 0 saturated carbocycles. The number of halogens is 2. The Kier molecular flexibility index (Phi) is 5.65. The number of rotatable bonds is 6. The van der Waals surface area contributed by atoms with Crippen LogP contribution in [0.5, 0.6) is 0 Å². The number of hydrazine groups is 1. The minimum Gasteiger partial charge on any atom is -0.385 e. The molecule has 0 heterocycles. The van der Waals surface area contributed by atoms with Crippen molar-refractivity contribution in [2.24, 2.45) is 5.84 Å². The van der Waals surface area contributed by atoms with Crippen molar-refractivity contribution in [2.75, 3.05) is 32.7 Å². The summed E-state index contributed by atoms with van der Waals surface area (Å²) in [6.07, 6.45) is 0.645. The zero-order chi connectivity index (χ0) is 14.4. The van der Waals surface area contributed by atoms with Gasteiger partial charge in [0.15, 0.2) is 11.6 Å². The van der Waals surface area contributed by atoms with Gasteiger partial charge in [0.2, 0.25) is 0 Å². The van der Waals surface area contributed by atoms with E-state index in [2.05, 4.69) is 0 Å². The molecule has 0 spiro atoms. The van der Waals surface area contributed by atoms with E-state index in [0.717, 1.165) is 12.1 Å². The molecule has 7 heteroatoms. The van der Waals surface area contributed by atoms with Crippen molar-refractivity contribution in [3.05, 3.63) is 29.3 Å². The summed E-state index contributed by atoms with van der Waals surface area (Å²) in [6.45, 7) is 0.948. The second-order valence-electron chi connectivity index (χ2n) is 4.03. The predicted molar refractivity (Wildman–Crippen MR) is 67.6 cm³/mol. The monoisotopic (exact) mass is 273 g/mol. The van der Waals surface area contributed by atoms with E-state index in [1.807, 2.05) is 5.43 Å². The van der Waals surface area contributed by atoms with Gasteiger partial charge in [0, 0.05) is 32.9 Å². The van der Waals surface area contributed by atoms with Crippen LogP contribution in [0.25, 0.3) is 0 Å². The average Bonchev–Trinajstić information content (AvgIpc) is 2.37. The summed E-state index contributed by atoms with van der Waals surface area (Å²) in [5.41, 5.74) is 1.39. The lowest BCUT2D eigenvalue weighted by molar-refractivity contribution is 0.0778. The van der Waals surface area contributed by atoms with Gasteiger partial charge in [0.1, 0.15) is 5.69 Å². The molecule has 5 nitrogen and oxygen atoms in total. The van der Waals surface area contributed by atoms with E-state index in [4.69, 9.17) is 10.6 Å². The maximum Gasteiger partial charge on any atom is 0.253 e. The van der Waals surface area contributed by atoms with Gasteiger partial charge in [0.05, 0.1) is 0 Å². The van der Waals surface area contributed by atoms with Gasteiger partial charge in [-0.25, -0.2) is 8.78 Å². The summed E-state index contributed by atoms with van der Waals surface area (Å²) < 4.78 is 31.8. The number of hydrogen-bond acceptors (Lipinski definition) is 4. The molecule has 1 amide bonds. The number of ether oxygens (including phenoxy) is 1. The standard InChI is InChI=1S/C12H17F2N3O2/c1-17(4-3-5-19-2)12(18)8-6-9(13)11(16-15)10(14)7-8/h6-7,16H,3-5,15H2,1-2H3. The van der Waals surface area contributed by atoms with Crippen LogP contribution >= 0.6 is 0 Å². The minimum absolute atomic E-state index is 0.0612. The first-order valence-electron chi connectivity index (χ1n) is 5.71. The fraction of sp³-hybridized carbons (Fsp3) is 0.417. The molecule has 1 rings (SSSR count). The molecule has 106 valence electrons. The van der Waals surface area contributed by atoms with E-state index in [0.29, 0.717) is 19.6 Å². The highest BCUT2D eigenvalue weighted by molar-refractivity contribution is 5.94. The second kappa shape index (κ2) is 7.01. The van der Waals surface area contributed by atoms with E-state index in [9.17, 15) is 13.6 Å². The minimum atomic E-state index is -0.906. The number of nitrogens with one attached hydrogen (secondary N) is 1. The highest BCUT2D eigenvalue weighted by Crippen LogP contribution is 2.20. The van der Waals surface area contributed by atoms with Gasteiger partial charge >= 0.3 is 0 Å². The van der Waals surface area contributed by atoms with Crippen LogP contribution in [0.2, 0.25) is 0 Å². The fourth-order valence-electron chi connectivity index (χ4n) is 1.60. The molecule has 1 aromatic rings. The van der Waals surface area contributed by atoms with E-state index in [1.54, 1.807) is 14.2 Å². The molecule has 0 aliphatic heterocycles. The highest BCUT2D eigenvalue weighted by atomic mass is 19.1. The van der Waals surface area contributed by atoms with Crippen LogP contribution in [0.15, 0.2) is 12.1 Å². The molecule has 0 fully saturated rings. The van der Waals surface area contributed by atoms with E-state index in [1.165, 1.54) is 4.90 Å². The average molecular weight is 273 g/mol. The Morgan fingerprint density at radius 1 is 1.42 bits per heavy atom. The van der Waals surface area contributed by atoms with Gasteiger partial charge in [0.25, 0.3) is 5.91 Å². The molecule has 1 aromatic carbocycles. The number of carbonyl (C=O) groups is 1. The highest BCUT2D eigenvalue weighted by Gasteiger charge is 2.17. The quantitative estimate of drug-likeness (QED) is 0.466. The van der Waals surface area contributed by atoms with Gasteiger partial charge in [-0.3, -0.25) is 10.6 Å². The first-order valence-corrected chi connectivity index (χ1v) is 5.71. The van der Waals surface area contributed by atoms with Crippen molar-refractivity contribution < 1.29 is 18.3 Å². The molecule has 0 atom stereocenters. The maximum absolute atomic E-state index is 13.5. The summed E-state index contributed by atoms with van der Waals surface area (Å²) in [4.78, 5) is 13.3. The maximum atomic E-state index is 13.5. The summed E-state index contributed by atoms with van der Waals surface area (Å²) in [6, 6.07) is 1.90. The van der Waals surface area contributed by atoms with Crippen molar-refractivity contribution in [1.82, 2.24) is 4.90 Å². The lowest BCUT2D eigenvalue weighted by atomic mass is 10.1. The van der Waals surface area contributed by atoms with E-state index < -0.39 is 23.2 Å².